The van der Waals surface area contributed by atoms with E-state index in [1.807, 2.05) is 30.3 Å². The van der Waals surface area contributed by atoms with Crippen LogP contribution < -0.4 is 10.6 Å². The van der Waals surface area contributed by atoms with Crippen LogP contribution in [0.2, 0.25) is 0 Å². The molecule has 5 rings (SSSR count). The van der Waals surface area contributed by atoms with Crippen LogP contribution in [-0.4, -0.2) is 29.0 Å². The number of carbonyl (C=O) groups excluding carboxylic acids is 2. The largest absolute Gasteiger partial charge is 0.455 e. The third-order valence-corrected chi connectivity index (χ3v) is 7.35. The molecule has 0 radical (unpaired) electrons. The number of amides is 2. The van der Waals surface area contributed by atoms with Crippen molar-refractivity contribution in [1.29, 1.82) is 0 Å². The second-order valence-electron chi connectivity index (χ2n) is 10.6. The minimum absolute atomic E-state index is 0.159. The number of nitrogens with one attached hydrogen (secondary N) is 2. The van der Waals surface area contributed by atoms with Gasteiger partial charge in [0.15, 0.2) is 5.82 Å². The van der Waals surface area contributed by atoms with Crippen molar-refractivity contribution in [1.82, 2.24) is 20.8 Å². The molecule has 0 bridgehead atoms. The van der Waals surface area contributed by atoms with Gasteiger partial charge >= 0.3 is 0 Å². The molecule has 41 heavy (non-hydrogen) atoms. The van der Waals surface area contributed by atoms with Crippen molar-refractivity contribution < 1.29 is 22.9 Å². The monoisotopic (exact) mass is 554 g/mol. The lowest BCUT2D eigenvalue weighted by Gasteiger charge is -2.22. The maximum absolute atomic E-state index is 13.7. The summed E-state index contributed by atoms with van der Waals surface area (Å²) in [7, 11) is 1.56. The van der Waals surface area contributed by atoms with Crippen LogP contribution in [0, 0.1) is 5.82 Å². The summed E-state index contributed by atoms with van der Waals surface area (Å²) in [5, 5.41) is 10.2. The third kappa shape index (κ3) is 5.35. The predicted octanol–water partition coefficient (Wildman–Crippen LogP) is 6.83. The zero-order valence-corrected chi connectivity index (χ0v) is 23.5. The molecule has 5 aromatic rings. The molecule has 0 spiro atoms. The normalized spacial score (nSPS) is 12.3. The molecule has 2 amide bonds. The van der Waals surface area contributed by atoms with Gasteiger partial charge in [0, 0.05) is 23.6 Å². The number of fused-ring (bicyclic) bond motifs is 1. The Morgan fingerprint density at radius 1 is 1.02 bits per heavy atom. The van der Waals surface area contributed by atoms with Crippen molar-refractivity contribution in [3.05, 3.63) is 95.4 Å². The minimum Gasteiger partial charge on any atom is -0.455 e. The van der Waals surface area contributed by atoms with Crippen LogP contribution in [0.1, 0.15) is 72.1 Å². The standard InChI is InChI=1S/C32H31FN4O4/c1-6-18(2)23-16-26-25(27(30(39)34-5)28(41-26)19-10-12-22(33)13-11-19)15-24(23)20-8-7-9-21(14-20)29(38)36-32(3,4)31-35-17-40-37-31/h7-18H,6H2,1-5H3,(H,34,39)(H,36,38)/t18-/m0/s1. The number of nitrogens with zero attached hydrogens (tertiary/aromatic N) is 2. The Bertz CT molecular complexity index is 1720. The van der Waals surface area contributed by atoms with Crippen molar-refractivity contribution in [2.75, 3.05) is 7.05 Å². The van der Waals surface area contributed by atoms with E-state index in [0.29, 0.717) is 39.2 Å². The topological polar surface area (TPSA) is 110 Å². The van der Waals surface area contributed by atoms with Gasteiger partial charge in [-0.05, 0) is 91.4 Å². The molecule has 0 aliphatic rings. The molecule has 0 aliphatic heterocycles. The Labute approximate surface area is 237 Å². The van der Waals surface area contributed by atoms with E-state index in [1.54, 1.807) is 39.1 Å². The first kappa shape index (κ1) is 27.8. The summed E-state index contributed by atoms with van der Waals surface area (Å²) in [5.74, 6) is -0.0966. The van der Waals surface area contributed by atoms with Gasteiger partial charge in [-0.2, -0.15) is 4.98 Å². The van der Waals surface area contributed by atoms with Crippen LogP contribution in [0.4, 0.5) is 4.39 Å². The Morgan fingerprint density at radius 3 is 2.44 bits per heavy atom. The van der Waals surface area contributed by atoms with Crippen molar-refractivity contribution >= 4 is 22.8 Å². The van der Waals surface area contributed by atoms with Crippen molar-refractivity contribution in [3.63, 3.8) is 0 Å². The summed E-state index contributed by atoms with van der Waals surface area (Å²) in [6.07, 6.45) is 2.09. The number of benzene rings is 3. The molecule has 8 nitrogen and oxygen atoms in total. The maximum atomic E-state index is 13.7. The molecular formula is C32H31FN4O4. The average molecular weight is 555 g/mol. The molecular weight excluding hydrogens is 523 g/mol. The fourth-order valence-electron chi connectivity index (χ4n) is 4.88. The lowest BCUT2D eigenvalue weighted by atomic mass is 9.88. The number of carbonyl (C=O) groups is 2. The summed E-state index contributed by atoms with van der Waals surface area (Å²) in [4.78, 5) is 30.5. The van der Waals surface area contributed by atoms with E-state index in [9.17, 15) is 14.0 Å². The highest BCUT2D eigenvalue weighted by molar-refractivity contribution is 6.12. The lowest BCUT2D eigenvalue weighted by Crippen LogP contribution is -2.41. The average Bonchev–Trinajstić information content (AvgIpc) is 3.65. The predicted molar refractivity (Wildman–Crippen MR) is 154 cm³/mol. The maximum Gasteiger partial charge on any atom is 0.255 e. The Balaban J connectivity index is 1.64. The van der Waals surface area contributed by atoms with Gasteiger partial charge in [0.2, 0.25) is 6.39 Å². The summed E-state index contributed by atoms with van der Waals surface area (Å²) in [6.45, 7) is 7.82. The molecule has 2 heterocycles. The molecule has 9 heteroatoms. The first-order valence-electron chi connectivity index (χ1n) is 13.4. The number of rotatable bonds is 8. The van der Waals surface area contributed by atoms with Crippen LogP contribution in [0.25, 0.3) is 33.4 Å². The molecule has 0 aliphatic carbocycles. The Hall–Kier alpha value is -4.79. The molecule has 1 atom stereocenters. The molecule has 2 N–H and O–H groups in total. The first-order chi connectivity index (χ1) is 19.6. The van der Waals surface area contributed by atoms with Gasteiger partial charge in [0.05, 0.1) is 11.1 Å². The van der Waals surface area contributed by atoms with Crippen molar-refractivity contribution in [2.24, 2.45) is 0 Å². The van der Waals surface area contributed by atoms with Gasteiger partial charge in [0.1, 0.15) is 17.2 Å². The second kappa shape index (κ2) is 11.0. The molecule has 0 fully saturated rings. The highest BCUT2D eigenvalue weighted by Crippen LogP contribution is 2.40. The smallest absolute Gasteiger partial charge is 0.255 e. The van der Waals surface area contributed by atoms with E-state index in [2.05, 4.69) is 34.6 Å². The number of hydrogen-bond acceptors (Lipinski definition) is 6. The van der Waals surface area contributed by atoms with Gasteiger partial charge in [-0.3, -0.25) is 9.59 Å². The fraction of sp³-hybridized carbons (Fsp3) is 0.250. The number of aromatic nitrogens is 2. The van der Waals surface area contributed by atoms with Gasteiger partial charge in [-0.15, -0.1) is 0 Å². The zero-order chi connectivity index (χ0) is 29.3. The van der Waals surface area contributed by atoms with Crippen LogP contribution in [0.15, 0.2) is 76.0 Å². The summed E-state index contributed by atoms with van der Waals surface area (Å²) in [6, 6.07) is 17.1. The van der Waals surface area contributed by atoms with Crippen molar-refractivity contribution in [3.8, 4) is 22.5 Å². The van der Waals surface area contributed by atoms with Crippen LogP contribution in [0.5, 0.6) is 0 Å². The SMILES string of the molecule is CC[C@H](C)c1cc2oc(-c3ccc(F)cc3)c(C(=O)NC)c2cc1-c1cccc(C(=O)NC(C)(C)c2ncon2)c1. The van der Waals surface area contributed by atoms with E-state index in [1.165, 1.54) is 18.5 Å². The number of hydrogen-bond donors (Lipinski definition) is 2. The lowest BCUT2D eigenvalue weighted by molar-refractivity contribution is 0.0906. The Morgan fingerprint density at radius 2 is 1.78 bits per heavy atom. The van der Waals surface area contributed by atoms with E-state index < -0.39 is 5.54 Å². The number of furan rings is 1. The van der Waals surface area contributed by atoms with E-state index in [0.717, 1.165) is 23.1 Å². The van der Waals surface area contributed by atoms with Gasteiger partial charge in [-0.1, -0.05) is 31.1 Å². The summed E-state index contributed by atoms with van der Waals surface area (Å²) in [5.41, 5.74) is 3.84. The molecule has 0 saturated heterocycles. The minimum atomic E-state index is -0.850. The Kier molecular flexibility index (Phi) is 7.45. The van der Waals surface area contributed by atoms with Crippen LogP contribution in [0.3, 0.4) is 0 Å². The molecule has 3 aromatic carbocycles. The van der Waals surface area contributed by atoms with Crippen LogP contribution >= 0.6 is 0 Å². The number of halogens is 1. The van der Waals surface area contributed by atoms with E-state index in [4.69, 9.17) is 8.94 Å². The molecule has 0 saturated carbocycles. The van der Waals surface area contributed by atoms with E-state index in [-0.39, 0.29) is 23.5 Å². The van der Waals surface area contributed by atoms with E-state index >= 15 is 0 Å². The van der Waals surface area contributed by atoms with Crippen molar-refractivity contribution in [2.45, 2.75) is 45.6 Å². The first-order valence-corrected chi connectivity index (χ1v) is 13.4. The summed E-state index contributed by atoms with van der Waals surface area (Å²) >= 11 is 0. The zero-order valence-electron chi connectivity index (χ0n) is 23.5. The fourth-order valence-corrected chi connectivity index (χ4v) is 4.88. The van der Waals surface area contributed by atoms with Crippen LogP contribution in [-0.2, 0) is 5.54 Å². The molecule has 0 unspecified atom stereocenters. The highest BCUT2D eigenvalue weighted by atomic mass is 19.1. The second-order valence-corrected chi connectivity index (χ2v) is 10.6. The van der Waals surface area contributed by atoms with Gasteiger partial charge in [-0.25, -0.2) is 4.39 Å². The summed E-state index contributed by atoms with van der Waals surface area (Å²) < 4.78 is 24.8. The molecule has 2 aromatic heterocycles. The quantitative estimate of drug-likeness (QED) is 0.218. The van der Waals surface area contributed by atoms with Gasteiger partial charge < -0.3 is 19.6 Å². The molecule has 210 valence electrons. The highest BCUT2D eigenvalue weighted by Gasteiger charge is 2.28. The van der Waals surface area contributed by atoms with Gasteiger partial charge in [0.25, 0.3) is 11.8 Å². The third-order valence-electron chi connectivity index (χ3n) is 7.35.